The Labute approximate surface area is 111 Å². The molecular formula is C13H25NO3Si. The van der Waals surface area contributed by atoms with Gasteiger partial charge in [0.2, 0.25) is 0 Å². The molecule has 0 aromatic rings. The molecule has 0 aromatic heterocycles. The molecule has 0 spiro atoms. The normalized spacial score (nSPS) is 36.7. The summed E-state index contributed by atoms with van der Waals surface area (Å²) in [6.07, 6.45) is 3.29. The Hall–Kier alpha value is -0.393. The Bertz CT molecular complexity index is 329. The predicted octanol–water partition coefficient (Wildman–Crippen LogP) is 1.86. The van der Waals surface area contributed by atoms with Crippen LogP contribution in [0.15, 0.2) is 0 Å². The molecule has 2 fully saturated rings. The summed E-state index contributed by atoms with van der Waals surface area (Å²) in [5, 5.41) is 0. The highest BCUT2D eigenvalue weighted by Crippen LogP contribution is 2.40. The van der Waals surface area contributed by atoms with Crippen LogP contribution in [0.5, 0.6) is 0 Å². The molecule has 104 valence electrons. The average Bonchev–Trinajstić information content (AvgIpc) is 2.50. The third-order valence-corrected chi connectivity index (χ3v) is 5.20. The number of hydrogen-bond donors (Lipinski definition) is 0. The molecule has 4 atom stereocenters. The lowest BCUT2D eigenvalue weighted by atomic mass is 9.88. The first kappa shape index (κ1) is 14.0. The van der Waals surface area contributed by atoms with Crippen molar-refractivity contribution in [2.75, 3.05) is 14.2 Å². The SMILES string of the molecule is COC(=O)C1C(O[Si](C)(C)C)CC2CCC1N2C. The van der Waals surface area contributed by atoms with Gasteiger partial charge in [0.05, 0.1) is 19.1 Å². The van der Waals surface area contributed by atoms with Crippen LogP contribution in [0, 0.1) is 5.92 Å². The minimum Gasteiger partial charge on any atom is -0.469 e. The van der Waals surface area contributed by atoms with Crippen molar-refractivity contribution >= 4 is 14.3 Å². The van der Waals surface area contributed by atoms with Crippen molar-refractivity contribution in [2.24, 2.45) is 5.92 Å². The molecule has 2 rings (SSSR count). The molecule has 2 bridgehead atoms. The standard InChI is InChI=1S/C13H25NO3Si/c1-14-9-6-7-10(14)12(13(15)16-2)11(8-9)17-18(3,4)5/h9-12H,6-8H2,1-5H3. The second-order valence-corrected chi connectivity index (χ2v) is 11.0. The van der Waals surface area contributed by atoms with Gasteiger partial charge in [-0.2, -0.15) is 0 Å². The molecule has 2 saturated heterocycles. The van der Waals surface area contributed by atoms with Crippen LogP contribution < -0.4 is 0 Å². The summed E-state index contributed by atoms with van der Waals surface area (Å²) in [4.78, 5) is 14.4. The zero-order valence-electron chi connectivity index (χ0n) is 12.1. The number of hydrogen-bond acceptors (Lipinski definition) is 4. The molecule has 5 heteroatoms. The summed E-state index contributed by atoms with van der Waals surface area (Å²) in [7, 11) is 1.98. The minimum atomic E-state index is -1.62. The molecule has 0 saturated carbocycles. The Morgan fingerprint density at radius 2 is 1.94 bits per heavy atom. The van der Waals surface area contributed by atoms with Crippen LogP contribution in [-0.2, 0) is 14.0 Å². The van der Waals surface area contributed by atoms with Gasteiger partial charge in [0, 0.05) is 12.1 Å². The van der Waals surface area contributed by atoms with Gasteiger partial charge in [-0.05, 0) is 46.0 Å². The highest BCUT2D eigenvalue weighted by molar-refractivity contribution is 6.69. The summed E-state index contributed by atoms with van der Waals surface area (Å²) in [5.41, 5.74) is 0. The van der Waals surface area contributed by atoms with Gasteiger partial charge in [-0.3, -0.25) is 9.69 Å². The summed E-state index contributed by atoms with van der Waals surface area (Å²) >= 11 is 0. The Morgan fingerprint density at radius 3 is 2.50 bits per heavy atom. The third-order valence-electron chi connectivity index (χ3n) is 4.19. The third kappa shape index (κ3) is 2.63. The van der Waals surface area contributed by atoms with Crippen molar-refractivity contribution in [1.29, 1.82) is 0 Å². The van der Waals surface area contributed by atoms with E-state index in [9.17, 15) is 4.79 Å². The van der Waals surface area contributed by atoms with Gasteiger partial charge in [-0.1, -0.05) is 0 Å². The van der Waals surface area contributed by atoms with Crippen molar-refractivity contribution in [2.45, 2.75) is 57.1 Å². The number of esters is 1. The van der Waals surface area contributed by atoms with E-state index in [0.717, 1.165) is 12.8 Å². The fraction of sp³-hybridized carbons (Fsp3) is 0.923. The van der Waals surface area contributed by atoms with E-state index in [-0.39, 0.29) is 18.0 Å². The molecule has 2 aliphatic rings. The van der Waals surface area contributed by atoms with E-state index in [4.69, 9.17) is 9.16 Å². The molecule has 0 N–H and O–H groups in total. The number of nitrogens with zero attached hydrogens (tertiary/aromatic N) is 1. The van der Waals surface area contributed by atoms with E-state index < -0.39 is 8.32 Å². The second-order valence-electron chi connectivity index (χ2n) is 6.52. The summed E-state index contributed by atoms with van der Waals surface area (Å²) in [6.45, 7) is 6.55. The van der Waals surface area contributed by atoms with Gasteiger partial charge in [-0.25, -0.2) is 0 Å². The van der Waals surface area contributed by atoms with Crippen LogP contribution in [0.4, 0.5) is 0 Å². The number of fused-ring (bicyclic) bond motifs is 2. The van der Waals surface area contributed by atoms with Crippen molar-refractivity contribution in [3.05, 3.63) is 0 Å². The largest absolute Gasteiger partial charge is 0.469 e. The Kier molecular flexibility index (Phi) is 3.85. The monoisotopic (exact) mass is 271 g/mol. The lowest BCUT2D eigenvalue weighted by molar-refractivity contribution is -0.154. The molecule has 4 unspecified atom stereocenters. The number of ether oxygens (including phenoxy) is 1. The first-order chi connectivity index (χ1) is 8.33. The molecule has 0 aliphatic carbocycles. The van der Waals surface area contributed by atoms with Gasteiger partial charge in [-0.15, -0.1) is 0 Å². The number of methoxy groups -OCH3 is 1. The second kappa shape index (κ2) is 4.94. The van der Waals surface area contributed by atoms with Crippen LogP contribution in [0.25, 0.3) is 0 Å². The minimum absolute atomic E-state index is 0.0535. The smallest absolute Gasteiger partial charge is 0.312 e. The Morgan fingerprint density at radius 1 is 1.28 bits per heavy atom. The van der Waals surface area contributed by atoms with Gasteiger partial charge in [0.1, 0.15) is 0 Å². The molecule has 18 heavy (non-hydrogen) atoms. The Balaban J connectivity index is 2.19. The van der Waals surface area contributed by atoms with Crippen LogP contribution in [0.2, 0.25) is 19.6 Å². The number of carbonyl (C=O) groups is 1. The molecular weight excluding hydrogens is 246 g/mol. The maximum absolute atomic E-state index is 12.1. The van der Waals surface area contributed by atoms with Crippen LogP contribution in [0.1, 0.15) is 19.3 Å². The molecule has 4 nitrogen and oxygen atoms in total. The number of rotatable bonds is 3. The molecule has 0 aromatic carbocycles. The van der Waals surface area contributed by atoms with E-state index in [1.807, 2.05) is 0 Å². The molecule has 2 heterocycles. The van der Waals surface area contributed by atoms with E-state index in [1.54, 1.807) is 0 Å². The fourth-order valence-corrected chi connectivity index (χ4v) is 4.59. The average molecular weight is 271 g/mol. The van der Waals surface area contributed by atoms with E-state index >= 15 is 0 Å². The first-order valence-electron chi connectivity index (χ1n) is 6.81. The molecule has 0 amide bonds. The highest BCUT2D eigenvalue weighted by atomic mass is 28.4. The topological polar surface area (TPSA) is 38.8 Å². The van der Waals surface area contributed by atoms with E-state index in [1.165, 1.54) is 13.5 Å². The van der Waals surface area contributed by atoms with Crippen molar-refractivity contribution in [3.63, 3.8) is 0 Å². The van der Waals surface area contributed by atoms with Gasteiger partial charge >= 0.3 is 5.97 Å². The van der Waals surface area contributed by atoms with E-state index in [0.29, 0.717) is 12.1 Å². The summed E-state index contributed by atoms with van der Waals surface area (Å²) in [5.74, 6) is -0.207. The summed E-state index contributed by atoms with van der Waals surface area (Å²) < 4.78 is 11.3. The number of carbonyl (C=O) groups excluding carboxylic acids is 1. The van der Waals surface area contributed by atoms with Crippen molar-refractivity contribution in [1.82, 2.24) is 4.90 Å². The maximum atomic E-state index is 12.1. The lowest BCUT2D eigenvalue weighted by Gasteiger charge is -2.43. The quantitative estimate of drug-likeness (QED) is 0.580. The van der Waals surface area contributed by atoms with Crippen molar-refractivity contribution < 1.29 is 14.0 Å². The highest BCUT2D eigenvalue weighted by Gasteiger charge is 2.50. The maximum Gasteiger partial charge on any atom is 0.312 e. The molecule has 0 radical (unpaired) electrons. The van der Waals surface area contributed by atoms with Gasteiger partial charge < -0.3 is 9.16 Å². The van der Waals surface area contributed by atoms with Crippen LogP contribution in [0.3, 0.4) is 0 Å². The predicted molar refractivity (Wildman–Crippen MR) is 72.9 cm³/mol. The van der Waals surface area contributed by atoms with Crippen LogP contribution >= 0.6 is 0 Å². The lowest BCUT2D eigenvalue weighted by Crippen LogP contribution is -2.55. The number of piperidine rings is 1. The first-order valence-corrected chi connectivity index (χ1v) is 10.2. The fourth-order valence-electron chi connectivity index (χ4n) is 3.44. The van der Waals surface area contributed by atoms with Crippen LogP contribution in [-0.4, -0.2) is 51.5 Å². The van der Waals surface area contributed by atoms with E-state index in [2.05, 4.69) is 31.6 Å². The van der Waals surface area contributed by atoms with Gasteiger partial charge in [0.15, 0.2) is 8.32 Å². The molecule has 2 aliphatic heterocycles. The van der Waals surface area contributed by atoms with Crippen molar-refractivity contribution in [3.8, 4) is 0 Å². The zero-order chi connectivity index (χ0) is 13.5. The zero-order valence-corrected chi connectivity index (χ0v) is 13.1. The van der Waals surface area contributed by atoms with Gasteiger partial charge in [0.25, 0.3) is 0 Å². The summed E-state index contributed by atoms with van der Waals surface area (Å²) in [6, 6.07) is 0.884.